The van der Waals surface area contributed by atoms with Crippen LogP contribution >= 0.6 is 11.6 Å². The van der Waals surface area contributed by atoms with Crippen LogP contribution < -0.4 is 0 Å². The molecule has 5 heteroatoms. The van der Waals surface area contributed by atoms with E-state index in [0.717, 1.165) is 19.5 Å². The molecule has 1 aliphatic rings. The number of likely N-dealkylation sites (tertiary alicyclic amines) is 1. The van der Waals surface area contributed by atoms with Crippen LogP contribution in [0.3, 0.4) is 0 Å². The normalized spacial score (nSPS) is 19.6. The Morgan fingerprint density at radius 1 is 1.53 bits per heavy atom. The van der Waals surface area contributed by atoms with Gasteiger partial charge >= 0.3 is 0 Å². The van der Waals surface area contributed by atoms with Crippen molar-refractivity contribution in [2.24, 2.45) is 5.92 Å². The Hall–Kier alpha value is -1.16. The zero-order valence-electron chi connectivity index (χ0n) is 9.90. The summed E-state index contributed by atoms with van der Waals surface area (Å²) in [4.78, 5) is 21.8. The van der Waals surface area contributed by atoms with Crippen molar-refractivity contribution in [2.75, 3.05) is 13.1 Å². The van der Waals surface area contributed by atoms with Gasteiger partial charge in [0.2, 0.25) is 0 Å². The van der Waals surface area contributed by atoms with Crippen LogP contribution in [0.2, 0.25) is 5.15 Å². The Balaban J connectivity index is 1.99. The van der Waals surface area contributed by atoms with Crippen LogP contribution in [-0.4, -0.2) is 33.9 Å². The quantitative estimate of drug-likeness (QED) is 0.831. The Kier molecular flexibility index (Phi) is 3.94. The van der Waals surface area contributed by atoms with E-state index in [2.05, 4.69) is 16.9 Å². The second-order valence-corrected chi connectivity index (χ2v) is 4.81. The summed E-state index contributed by atoms with van der Waals surface area (Å²) in [5.41, 5.74) is 0.381. The first-order valence-electron chi connectivity index (χ1n) is 5.97. The first kappa shape index (κ1) is 12.3. The molecular formula is C12H16ClN3O. The highest BCUT2D eigenvalue weighted by atomic mass is 35.5. The zero-order chi connectivity index (χ0) is 12.3. The van der Waals surface area contributed by atoms with Crippen molar-refractivity contribution in [1.29, 1.82) is 0 Å². The van der Waals surface area contributed by atoms with E-state index < -0.39 is 0 Å². The standard InChI is InChI=1S/C12H16ClN3O/c1-2-3-9-4-5-16(8-9)12(17)10-6-15-11(13)7-14-10/h6-7,9H,2-5,8H2,1H3. The SMILES string of the molecule is CCCC1CCN(C(=O)c2cnc(Cl)cn2)C1. The van der Waals surface area contributed by atoms with Gasteiger partial charge in [-0.15, -0.1) is 0 Å². The number of carbonyl (C=O) groups is 1. The summed E-state index contributed by atoms with van der Waals surface area (Å²) in [6.45, 7) is 3.85. The molecule has 1 aliphatic heterocycles. The molecule has 0 radical (unpaired) electrons. The third-order valence-corrected chi connectivity index (χ3v) is 3.30. The summed E-state index contributed by atoms with van der Waals surface area (Å²) in [5, 5.41) is 0.312. The Bertz CT molecular complexity index is 393. The molecule has 1 aromatic rings. The third-order valence-electron chi connectivity index (χ3n) is 3.11. The predicted molar refractivity (Wildman–Crippen MR) is 66.0 cm³/mol. The molecule has 0 spiro atoms. The molecule has 0 aliphatic carbocycles. The second-order valence-electron chi connectivity index (χ2n) is 4.42. The molecule has 0 N–H and O–H groups in total. The lowest BCUT2D eigenvalue weighted by molar-refractivity contribution is 0.0780. The molecule has 2 rings (SSSR count). The molecule has 0 aromatic carbocycles. The lowest BCUT2D eigenvalue weighted by atomic mass is 10.0. The zero-order valence-corrected chi connectivity index (χ0v) is 10.7. The Labute approximate surface area is 106 Å². The smallest absolute Gasteiger partial charge is 0.274 e. The molecule has 4 nitrogen and oxygen atoms in total. The molecule has 0 bridgehead atoms. The Morgan fingerprint density at radius 2 is 2.35 bits per heavy atom. The fourth-order valence-corrected chi connectivity index (χ4v) is 2.34. The first-order valence-corrected chi connectivity index (χ1v) is 6.35. The van der Waals surface area contributed by atoms with Gasteiger partial charge in [-0.2, -0.15) is 0 Å². The van der Waals surface area contributed by atoms with Gasteiger partial charge < -0.3 is 4.90 Å². The van der Waals surface area contributed by atoms with Crippen LogP contribution in [0.4, 0.5) is 0 Å². The maximum absolute atomic E-state index is 12.1. The van der Waals surface area contributed by atoms with E-state index in [9.17, 15) is 4.79 Å². The molecule has 2 heterocycles. The van der Waals surface area contributed by atoms with Crippen LogP contribution in [0.15, 0.2) is 12.4 Å². The van der Waals surface area contributed by atoms with Crippen molar-refractivity contribution in [3.8, 4) is 0 Å². The van der Waals surface area contributed by atoms with Crippen molar-refractivity contribution in [1.82, 2.24) is 14.9 Å². The van der Waals surface area contributed by atoms with Crippen molar-refractivity contribution < 1.29 is 4.79 Å². The van der Waals surface area contributed by atoms with Crippen molar-refractivity contribution in [3.05, 3.63) is 23.2 Å². The lowest BCUT2D eigenvalue weighted by Gasteiger charge is -2.15. The summed E-state index contributed by atoms with van der Waals surface area (Å²) in [6.07, 6.45) is 6.32. The van der Waals surface area contributed by atoms with Crippen LogP contribution in [0.1, 0.15) is 36.7 Å². The van der Waals surface area contributed by atoms with E-state index in [0.29, 0.717) is 16.8 Å². The first-order chi connectivity index (χ1) is 8.20. The van der Waals surface area contributed by atoms with Crippen molar-refractivity contribution in [3.63, 3.8) is 0 Å². The predicted octanol–water partition coefficient (Wildman–Crippen LogP) is 2.39. The maximum Gasteiger partial charge on any atom is 0.274 e. The average Bonchev–Trinajstić information content (AvgIpc) is 2.78. The number of carbonyl (C=O) groups excluding carboxylic acids is 1. The highest BCUT2D eigenvalue weighted by Gasteiger charge is 2.26. The minimum Gasteiger partial charge on any atom is -0.337 e. The van der Waals surface area contributed by atoms with E-state index in [1.165, 1.54) is 25.2 Å². The molecule has 92 valence electrons. The van der Waals surface area contributed by atoms with Crippen molar-refractivity contribution in [2.45, 2.75) is 26.2 Å². The number of halogens is 1. The number of amides is 1. The van der Waals surface area contributed by atoms with E-state index in [-0.39, 0.29) is 5.91 Å². The minimum atomic E-state index is -0.0345. The van der Waals surface area contributed by atoms with E-state index in [1.807, 2.05) is 4.90 Å². The number of hydrogen-bond acceptors (Lipinski definition) is 3. The summed E-state index contributed by atoms with van der Waals surface area (Å²) in [7, 11) is 0. The largest absolute Gasteiger partial charge is 0.337 e. The molecular weight excluding hydrogens is 238 g/mol. The van der Waals surface area contributed by atoms with Gasteiger partial charge in [0.05, 0.1) is 12.4 Å². The van der Waals surface area contributed by atoms with Crippen LogP contribution in [0, 0.1) is 5.92 Å². The van der Waals surface area contributed by atoms with Gasteiger partial charge in [0.25, 0.3) is 5.91 Å². The van der Waals surface area contributed by atoms with Gasteiger partial charge in [0.1, 0.15) is 10.8 Å². The van der Waals surface area contributed by atoms with Gasteiger partial charge in [-0.05, 0) is 18.8 Å². The number of nitrogens with zero attached hydrogens (tertiary/aromatic N) is 3. The molecule has 1 saturated heterocycles. The highest BCUT2D eigenvalue weighted by molar-refractivity contribution is 6.29. The molecule has 1 atom stereocenters. The lowest BCUT2D eigenvalue weighted by Crippen LogP contribution is -2.29. The molecule has 1 unspecified atom stereocenters. The van der Waals surface area contributed by atoms with Gasteiger partial charge in [-0.25, -0.2) is 9.97 Å². The van der Waals surface area contributed by atoms with Crippen molar-refractivity contribution >= 4 is 17.5 Å². The second kappa shape index (κ2) is 5.45. The van der Waals surface area contributed by atoms with E-state index in [4.69, 9.17) is 11.6 Å². The summed E-state index contributed by atoms with van der Waals surface area (Å²) < 4.78 is 0. The molecule has 1 aromatic heterocycles. The third kappa shape index (κ3) is 2.94. The van der Waals surface area contributed by atoms with E-state index >= 15 is 0 Å². The van der Waals surface area contributed by atoms with Gasteiger partial charge in [-0.3, -0.25) is 4.79 Å². The minimum absolute atomic E-state index is 0.0345. The van der Waals surface area contributed by atoms with Gasteiger partial charge in [0, 0.05) is 13.1 Å². The maximum atomic E-state index is 12.1. The molecule has 17 heavy (non-hydrogen) atoms. The highest BCUT2D eigenvalue weighted by Crippen LogP contribution is 2.22. The molecule has 0 saturated carbocycles. The van der Waals surface area contributed by atoms with Crippen LogP contribution in [0.5, 0.6) is 0 Å². The van der Waals surface area contributed by atoms with Crippen LogP contribution in [-0.2, 0) is 0 Å². The number of rotatable bonds is 3. The van der Waals surface area contributed by atoms with Crippen LogP contribution in [0.25, 0.3) is 0 Å². The Morgan fingerprint density at radius 3 is 3.00 bits per heavy atom. The summed E-state index contributed by atoms with van der Waals surface area (Å²) in [5.74, 6) is 0.608. The monoisotopic (exact) mass is 253 g/mol. The van der Waals surface area contributed by atoms with Gasteiger partial charge in [0.15, 0.2) is 0 Å². The fourth-order valence-electron chi connectivity index (χ4n) is 2.25. The molecule has 1 fully saturated rings. The van der Waals surface area contributed by atoms with Gasteiger partial charge in [-0.1, -0.05) is 24.9 Å². The fraction of sp³-hybridized carbons (Fsp3) is 0.583. The molecule has 1 amide bonds. The van der Waals surface area contributed by atoms with E-state index in [1.54, 1.807) is 0 Å². The topological polar surface area (TPSA) is 46.1 Å². The summed E-state index contributed by atoms with van der Waals surface area (Å²) >= 11 is 5.64. The number of aromatic nitrogens is 2. The summed E-state index contributed by atoms with van der Waals surface area (Å²) in [6, 6.07) is 0. The average molecular weight is 254 g/mol. The number of hydrogen-bond donors (Lipinski definition) is 0.